The van der Waals surface area contributed by atoms with Crippen LogP contribution in [0.1, 0.15) is 15.9 Å². The maximum atomic E-state index is 13.1. The first-order valence-corrected chi connectivity index (χ1v) is 10.9. The number of nitrogens with one attached hydrogen (secondary N) is 1. The lowest BCUT2D eigenvalue weighted by Crippen LogP contribution is -2.50. The SMILES string of the molecule is O=C(c1c[nH]c(=O)n(Cc2ccc3c(c2)OCO3)c1=O)N1CCN(c2ccc(Cl)cc2)CC1. The zero-order valence-corrected chi connectivity index (χ0v) is 18.4. The fourth-order valence-corrected chi connectivity index (χ4v) is 4.15. The van der Waals surface area contributed by atoms with Crippen molar-refractivity contribution in [2.24, 2.45) is 0 Å². The van der Waals surface area contributed by atoms with E-state index in [0.29, 0.717) is 48.3 Å². The Hall–Kier alpha value is -3.72. The molecule has 0 spiro atoms. The lowest BCUT2D eigenvalue weighted by atomic mass is 10.2. The molecule has 1 fully saturated rings. The van der Waals surface area contributed by atoms with E-state index in [1.807, 2.05) is 24.3 Å². The summed E-state index contributed by atoms with van der Waals surface area (Å²) in [6.45, 7) is 2.32. The Kier molecular flexibility index (Phi) is 5.55. The molecular weight excluding hydrogens is 448 g/mol. The number of fused-ring (bicyclic) bond motifs is 1. The van der Waals surface area contributed by atoms with Crippen LogP contribution in [0.3, 0.4) is 0 Å². The highest BCUT2D eigenvalue weighted by molar-refractivity contribution is 6.30. The average Bonchev–Trinajstić information content (AvgIpc) is 3.30. The number of rotatable bonds is 4. The summed E-state index contributed by atoms with van der Waals surface area (Å²) in [5.41, 5.74) is 0.452. The number of hydrogen-bond donors (Lipinski definition) is 1. The van der Waals surface area contributed by atoms with Crippen molar-refractivity contribution in [1.29, 1.82) is 0 Å². The second-order valence-electron chi connectivity index (χ2n) is 7.84. The van der Waals surface area contributed by atoms with Gasteiger partial charge in [0.05, 0.1) is 6.54 Å². The van der Waals surface area contributed by atoms with Gasteiger partial charge in [0.15, 0.2) is 11.5 Å². The minimum Gasteiger partial charge on any atom is -0.454 e. The molecule has 10 heteroatoms. The number of aromatic nitrogens is 2. The van der Waals surface area contributed by atoms with Gasteiger partial charge in [-0.25, -0.2) is 4.79 Å². The zero-order chi connectivity index (χ0) is 22.9. The number of halogens is 1. The quantitative estimate of drug-likeness (QED) is 0.628. The van der Waals surface area contributed by atoms with Crippen LogP contribution in [0.2, 0.25) is 5.02 Å². The van der Waals surface area contributed by atoms with Crippen molar-refractivity contribution in [2.45, 2.75) is 6.54 Å². The van der Waals surface area contributed by atoms with E-state index < -0.39 is 17.2 Å². The Morgan fingerprint density at radius 3 is 2.45 bits per heavy atom. The van der Waals surface area contributed by atoms with Gasteiger partial charge in [0.25, 0.3) is 11.5 Å². The van der Waals surface area contributed by atoms with Crippen LogP contribution >= 0.6 is 11.6 Å². The van der Waals surface area contributed by atoms with Crippen LogP contribution in [-0.2, 0) is 6.54 Å². The van der Waals surface area contributed by atoms with Crippen LogP contribution in [0, 0.1) is 0 Å². The molecule has 1 saturated heterocycles. The van der Waals surface area contributed by atoms with E-state index in [9.17, 15) is 14.4 Å². The van der Waals surface area contributed by atoms with Gasteiger partial charge in [-0.3, -0.25) is 14.2 Å². The fraction of sp³-hybridized carbons (Fsp3) is 0.261. The van der Waals surface area contributed by atoms with Gasteiger partial charge in [0.1, 0.15) is 5.56 Å². The Morgan fingerprint density at radius 2 is 1.70 bits per heavy atom. The molecule has 170 valence electrons. The summed E-state index contributed by atoms with van der Waals surface area (Å²) in [5.74, 6) is 0.774. The molecule has 0 aliphatic carbocycles. The molecule has 0 unspecified atom stereocenters. The predicted molar refractivity (Wildman–Crippen MR) is 123 cm³/mol. The number of H-pyrrole nitrogens is 1. The van der Waals surface area contributed by atoms with Gasteiger partial charge in [0, 0.05) is 43.1 Å². The summed E-state index contributed by atoms with van der Waals surface area (Å²) in [6.07, 6.45) is 1.20. The van der Waals surface area contributed by atoms with Crippen molar-refractivity contribution in [3.63, 3.8) is 0 Å². The molecule has 5 rings (SSSR count). The number of anilines is 1. The monoisotopic (exact) mass is 468 g/mol. The highest BCUT2D eigenvalue weighted by atomic mass is 35.5. The average molecular weight is 469 g/mol. The molecule has 0 saturated carbocycles. The Labute approximate surface area is 193 Å². The molecule has 1 amide bonds. The highest BCUT2D eigenvalue weighted by Gasteiger charge is 2.25. The molecule has 9 nitrogen and oxygen atoms in total. The molecule has 0 radical (unpaired) electrons. The standard InChI is InChI=1S/C23H21ClN4O5/c24-16-2-4-17(5-3-16)26-7-9-27(10-8-26)21(29)18-12-25-23(31)28(22(18)30)13-15-1-6-19-20(11-15)33-14-32-19/h1-6,11-12H,7-10,13-14H2,(H,25,31). The maximum Gasteiger partial charge on any atom is 0.328 e. The lowest BCUT2D eigenvalue weighted by molar-refractivity contribution is 0.0743. The Morgan fingerprint density at radius 1 is 0.970 bits per heavy atom. The predicted octanol–water partition coefficient (Wildman–Crippen LogP) is 1.93. The largest absolute Gasteiger partial charge is 0.454 e. The minimum atomic E-state index is -0.624. The van der Waals surface area contributed by atoms with Crippen LogP contribution < -0.4 is 25.6 Å². The number of amides is 1. The normalized spacial score (nSPS) is 15.1. The third-order valence-electron chi connectivity index (χ3n) is 5.83. The summed E-state index contributed by atoms with van der Waals surface area (Å²) in [6, 6.07) is 12.7. The van der Waals surface area contributed by atoms with Crippen molar-refractivity contribution in [3.8, 4) is 11.5 Å². The van der Waals surface area contributed by atoms with E-state index in [1.54, 1.807) is 23.1 Å². The van der Waals surface area contributed by atoms with Crippen LogP contribution in [0.4, 0.5) is 5.69 Å². The van der Waals surface area contributed by atoms with E-state index >= 15 is 0 Å². The summed E-state index contributed by atoms with van der Waals surface area (Å²) in [5, 5.41) is 0.669. The van der Waals surface area contributed by atoms with Crippen molar-refractivity contribution >= 4 is 23.2 Å². The van der Waals surface area contributed by atoms with Crippen molar-refractivity contribution in [1.82, 2.24) is 14.5 Å². The zero-order valence-electron chi connectivity index (χ0n) is 17.6. The molecule has 2 aromatic carbocycles. The fourth-order valence-electron chi connectivity index (χ4n) is 4.02. The van der Waals surface area contributed by atoms with E-state index in [2.05, 4.69) is 9.88 Å². The Balaban J connectivity index is 1.32. The van der Waals surface area contributed by atoms with Crippen molar-refractivity contribution in [2.75, 3.05) is 37.9 Å². The second kappa shape index (κ2) is 8.67. The number of aromatic amines is 1. The van der Waals surface area contributed by atoms with Crippen molar-refractivity contribution in [3.05, 3.63) is 85.6 Å². The van der Waals surface area contributed by atoms with Gasteiger partial charge < -0.3 is 24.3 Å². The van der Waals surface area contributed by atoms with E-state index in [1.165, 1.54) is 6.20 Å². The summed E-state index contributed by atoms with van der Waals surface area (Å²) in [4.78, 5) is 44.8. The first kappa shape index (κ1) is 21.1. The first-order chi connectivity index (χ1) is 16.0. The second-order valence-corrected chi connectivity index (χ2v) is 8.28. The number of benzene rings is 2. The summed E-state index contributed by atoms with van der Waals surface area (Å²) < 4.78 is 11.7. The highest BCUT2D eigenvalue weighted by Crippen LogP contribution is 2.32. The molecular formula is C23H21ClN4O5. The number of hydrogen-bond acceptors (Lipinski definition) is 6. The topological polar surface area (TPSA) is 96.9 Å². The van der Waals surface area contributed by atoms with Gasteiger partial charge in [-0.2, -0.15) is 0 Å². The van der Waals surface area contributed by atoms with Crippen molar-refractivity contribution < 1.29 is 14.3 Å². The van der Waals surface area contributed by atoms with Gasteiger partial charge in [-0.1, -0.05) is 17.7 Å². The third-order valence-corrected chi connectivity index (χ3v) is 6.08. The smallest absolute Gasteiger partial charge is 0.328 e. The lowest BCUT2D eigenvalue weighted by Gasteiger charge is -2.36. The summed E-state index contributed by atoms with van der Waals surface area (Å²) >= 11 is 5.96. The van der Waals surface area contributed by atoms with Gasteiger partial charge in [-0.15, -0.1) is 0 Å². The number of ether oxygens (including phenoxy) is 2. The van der Waals surface area contributed by atoms with E-state index in [-0.39, 0.29) is 18.9 Å². The van der Waals surface area contributed by atoms with Crippen LogP contribution in [0.5, 0.6) is 11.5 Å². The Bertz CT molecular complexity index is 1310. The molecule has 2 aliphatic heterocycles. The van der Waals surface area contributed by atoms with Gasteiger partial charge in [0.2, 0.25) is 6.79 Å². The van der Waals surface area contributed by atoms with Gasteiger partial charge >= 0.3 is 5.69 Å². The number of carbonyl (C=O) groups is 1. The molecule has 3 aromatic rings. The molecule has 2 aliphatic rings. The minimum absolute atomic E-state index is 0.0102. The summed E-state index contributed by atoms with van der Waals surface area (Å²) in [7, 11) is 0. The molecule has 1 N–H and O–H groups in total. The molecule has 0 atom stereocenters. The molecule has 3 heterocycles. The van der Waals surface area contributed by atoms with Crippen LogP contribution in [-0.4, -0.2) is 53.3 Å². The first-order valence-electron chi connectivity index (χ1n) is 10.5. The number of nitrogens with zero attached hydrogens (tertiary/aromatic N) is 3. The maximum absolute atomic E-state index is 13.1. The molecule has 33 heavy (non-hydrogen) atoms. The van der Waals surface area contributed by atoms with E-state index in [4.69, 9.17) is 21.1 Å². The number of piperazine rings is 1. The third kappa shape index (κ3) is 4.19. The van der Waals surface area contributed by atoms with Gasteiger partial charge in [-0.05, 0) is 42.0 Å². The van der Waals surface area contributed by atoms with E-state index in [0.717, 1.165) is 10.3 Å². The molecule has 0 bridgehead atoms. The number of carbonyl (C=O) groups excluding carboxylic acids is 1. The van der Waals surface area contributed by atoms with Crippen LogP contribution in [0.15, 0.2) is 58.3 Å². The van der Waals surface area contributed by atoms with Crippen LogP contribution in [0.25, 0.3) is 0 Å². The molecule has 1 aromatic heterocycles.